The molecule has 7 bridgehead atoms. The smallest absolute Gasteiger partial charge is 0.120 e. The highest BCUT2D eigenvalue weighted by Gasteiger charge is 2.90. The number of ether oxygens (including phenoxy) is 4. The fourth-order valence-electron chi connectivity index (χ4n) is 11.0. The van der Waals surface area contributed by atoms with Crippen molar-refractivity contribution >= 4 is 0 Å². The maximum absolute atomic E-state index is 12.6. The van der Waals surface area contributed by atoms with Crippen LogP contribution >= 0.6 is 0 Å². The van der Waals surface area contributed by atoms with Gasteiger partial charge < -0.3 is 44.5 Å². The third kappa shape index (κ3) is 2.35. The maximum atomic E-state index is 12.6. The van der Waals surface area contributed by atoms with Crippen LogP contribution in [0.25, 0.3) is 0 Å². The van der Waals surface area contributed by atoms with E-state index in [4.69, 9.17) is 18.9 Å². The largest absolute Gasteiger partial charge is 0.392 e. The van der Waals surface area contributed by atoms with E-state index >= 15 is 0 Å². The molecule has 1 spiro atoms. The van der Waals surface area contributed by atoms with Crippen LogP contribution in [0.4, 0.5) is 0 Å². The number of hydrogen-bond donors (Lipinski definition) is 5. The lowest BCUT2D eigenvalue weighted by atomic mass is 9.42. The molecule has 3 unspecified atom stereocenters. The van der Waals surface area contributed by atoms with Crippen LogP contribution in [0.1, 0.15) is 19.8 Å². The first-order valence-corrected chi connectivity index (χ1v) is 12.9. The predicted octanol–water partition coefficient (Wildman–Crippen LogP) is -1.79. The van der Waals surface area contributed by atoms with Gasteiger partial charge in [-0.2, -0.15) is 0 Å². The third-order valence-corrected chi connectivity index (χ3v) is 11.7. The van der Waals surface area contributed by atoms with Gasteiger partial charge in [-0.1, -0.05) is 6.92 Å². The molecule has 35 heavy (non-hydrogen) atoms. The van der Waals surface area contributed by atoms with Crippen LogP contribution in [0.3, 0.4) is 0 Å². The van der Waals surface area contributed by atoms with Crippen molar-refractivity contribution in [1.82, 2.24) is 4.90 Å². The van der Waals surface area contributed by atoms with Crippen LogP contribution in [-0.4, -0.2) is 132 Å². The second-order valence-corrected chi connectivity index (χ2v) is 12.1. The van der Waals surface area contributed by atoms with Crippen LogP contribution in [0, 0.1) is 34.5 Å². The zero-order valence-corrected chi connectivity index (χ0v) is 21.2. The van der Waals surface area contributed by atoms with E-state index in [0.29, 0.717) is 26.1 Å². The van der Waals surface area contributed by atoms with E-state index in [1.807, 2.05) is 0 Å². The molecule has 1 saturated heterocycles. The molecular weight excluding hydrogens is 458 g/mol. The van der Waals surface area contributed by atoms with Gasteiger partial charge in [0.1, 0.15) is 23.4 Å². The minimum Gasteiger partial charge on any atom is -0.392 e. The van der Waals surface area contributed by atoms with Crippen LogP contribution in [0.15, 0.2) is 0 Å². The summed E-state index contributed by atoms with van der Waals surface area (Å²) in [5, 5.41) is 59.3. The van der Waals surface area contributed by atoms with Gasteiger partial charge in [-0.25, -0.2) is 0 Å². The molecule has 5 saturated carbocycles. The first-order chi connectivity index (χ1) is 16.6. The molecule has 0 aromatic carbocycles. The highest BCUT2D eigenvalue weighted by atomic mass is 16.5. The first kappa shape index (κ1) is 24.9. The lowest BCUT2D eigenvalue weighted by Crippen LogP contribution is -2.81. The summed E-state index contributed by atoms with van der Waals surface area (Å²) in [6, 6.07) is -0.240. The highest BCUT2D eigenvalue weighted by molar-refractivity contribution is 5.39. The van der Waals surface area contributed by atoms with Crippen LogP contribution in [0.2, 0.25) is 0 Å². The molecule has 5 aliphatic carbocycles. The number of rotatable bonds is 6. The number of hydrogen-bond acceptors (Lipinski definition) is 10. The SMILES string of the molecule is CCN1C[C@]2(COC)[C@H](O)C[C@H](OC)C34C1C([C@H](OC)[C@@H]32)[C@]1(O)[C@@H]2[C@H]4C[C@](O)([C@@H]2O)[C@@H](OC)[C@@H]1O. The summed E-state index contributed by atoms with van der Waals surface area (Å²) in [7, 11) is 6.29. The van der Waals surface area contributed by atoms with E-state index in [-0.39, 0.29) is 18.4 Å². The highest BCUT2D eigenvalue weighted by Crippen LogP contribution is 2.79. The van der Waals surface area contributed by atoms with Crippen molar-refractivity contribution in [3.63, 3.8) is 0 Å². The molecule has 0 amide bonds. The molecule has 0 aromatic rings. The molecule has 10 heteroatoms. The van der Waals surface area contributed by atoms with Crippen molar-refractivity contribution in [2.45, 2.75) is 73.6 Å². The van der Waals surface area contributed by atoms with E-state index in [1.165, 1.54) is 7.11 Å². The van der Waals surface area contributed by atoms with E-state index in [0.717, 1.165) is 0 Å². The lowest BCUT2D eigenvalue weighted by molar-refractivity contribution is -0.320. The summed E-state index contributed by atoms with van der Waals surface area (Å²) in [5.41, 5.74) is -4.81. The molecule has 6 aliphatic rings. The van der Waals surface area contributed by atoms with Crippen LogP contribution in [0.5, 0.6) is 0 Å². The Morgan fingerprint density at radius 3 is 2.23 bits per heavy atom. The standard InChI is InChI=1S/C25H41NO9/c1-6-26-9-22(10-32-2)12(27)7-13(33-3)24-11-8-23(30)19(28)14(11)25(31,20(29)21(23)35-5)15(18(24)26)16(34-4)17(22)24/h11-21,27-31H,6-10H2,1-5H3/t11-,12-,13+,14-,15?,16+,17-,18?,19-,20+,21+,22+,23+,24?,25-/m1/s1. The normalized spacial score (nSPS) is 62.4. The molecule has 200 valence electrons. The summed E-state index contributed by atoms with van der Waals surface area (Å²) in [6.07, 6.45) is -4.95. The van der Waals surface area contributed by atoms with Gasteiger partial charge in [0.2, 0.25) is 0 Å². The number of aliphatic hydroxyl groups excluding tert-OH is 3. The summed E-state index contributed by atoms with van der Waals surface area (Å²) < 4.78 is 23.7. The third-order valence-electron chi connectivity index (χ3n) is 11.7. The molecule has 0 aromatic heterocycles. The Bertz CT molecular complexity index is 878. The molecule has 1 heterocycles. The Morgan fingerprint density at radius 2 is 1.66 bits per heavy atom. The van der Waals surface area contributed by atoms with Crippen LogP contribution < -0.4 is 0 Å². The second kappa shape index (κ2) is 7.59. The van der Waals surface area contributed by atoms with E-state index in [9.17, 15) is 25.5 Å². The number of piperidine rings is 1. The summed E-state index contributed by atoms with van der Waals surface area (Å²) in [5.74, 6) is -2.04. The Balaban J connectivity index is 1.68. The Labute approximate surface area is 206 Å². The molecule has 1 aliphatic heterocycles. The summed E-state index contributed by atoms with van der Waals surface area (Å²) >= 11 is 0. The Kier molecular flexibility index (Phi) is 5.40. The number of nitrogens with zero attached hydrogens (tertiary/aromatic N) is 1. The molecule has 6 fully saturated rings. The molecular formula is C25H41NO9. The fraction of sp³-hybridized carbons (Fsp3) is 1.00. The van der Waals surface area contributed by atoms with Crippen molar-refractivity contribution in [3.8, 4) is 0 Å². The first-order valence-electron chi connectivity index (χ1n) is 12.9. The minimum atomic E-state index is -1.76. The van der Waals surface area contributed by atoms with E-state index in [2.05, 4.69) is 11.8 Å². The fourth-order valence-corrected chi connectivity index (χ4v) is 11.0. The number of aliphatic hydroxyl groups is 5. The molecule has 15 atom stereocenters. The zero-order valence-electron chi connectivity index (χ0n) is 21.2. The van der Waals surface area contributed by atoms with Gasteiger partial charge in [0.15, 0.2) is 0 Å². The van der Waals surface area contributed by atoms with Gasteiger partial charge in [0.25, 0.3) is 0 Å². The average Bonchev–Trinajstić information content (AvgIpc) is 3.19. The number of methoxy groups -OCH3 is 4. The average molecular weight is 500 g/mol. The van der Waals surface area contributed by atoms with Gasteiger partial charge in [-0.05, 0) is 18.9 Å². The van der Waals surface area contributed by atoms with Crippen LogP contribution in [-0.2, 0) is 18.9 Å². The number of fused-ring (bicyclic) bond motifs is 2. The summed E-state index contributed by atoms with van der Waals surface area (Å²) in [4.78, 5) is 2.29. The van der Waals surface area contributed by atoms with Crippen molar-refractivity contribution in [1.29, 1.82) is 0 Å². The van der Waals surface area contributed by atoms with Crippen molar-refractivity contribution in [3.05, 3.63) is 0 Å². The van der Waals surface area contributed by atoms with Crippen molar-refractivity contribution < 1.29 is 44.5 Å². The number of likely N-dealkylation sites (tertiary alicyclic amines) is 1. The van der Waals surface area contributed by atoms with Crippen molar-refractivity contribution in [2.75, 3.05) is 48.1 Å². The van der Waals surface area contributed by atoms with Gasteiger partial charge in [0.05, 0.1) is 31.0 Å². The van der Waals surface area contributed by atoms with Gasteiger partial charge in [-0.15, -0.1) is 0 Å². The van der Waals surface area contributed by atoms with E-state index < -0.39 is 76.4 Å². The monoisotopic (exact) mass is 499 g/mol. The van der Waals surface area contributed by atoms with E-state index in [1.54, 1.807) is 21.3 Å². The Morgan fingerprint density at radius 1 is 0.943 bits per heavy atom. The summed E-state index contributed by atoms with van der Waals surface area (Å²) in [6.45, 7) is 3.58. The topological polar surface area (TPSA) is 141 Å². The maximum Gasteiger partial charge on any atom is 0.120 e. The molecule has 10 nitrogen and oxygen atoms in total. The zero-order chi connectivity index (χ0) is 25.3. The van der Waals surface area contributed by atoms with Gasteiger partial charge in [0, 0.05) is 76.0 Å². The Hall–Kier alpha value is -0.400. The quantitative estimate of drug-likeness (QED) is 0.285. The van der Waals surface area contributed by atoms with Gasteiger partial charge >= 0.3 is 0 Å². The molecule has 0 radical (unpaired) electrons. The van der Waals surface area contributed by atoms with Crippen molar-refractivity contribution in [2.24, 2.45) is 34.5 Å². The minimum absolute atomic E-state index is 0.156. The lowest BCUT2D eigenvalue weighted by Gasteiger charge is -2.70. The second-order valence-electron chi connectivity index (χ2n) is 12.1. The predicted molar refractivity (Wildman–Crippen MR) is 121 cm³/mol. The van der Waals surface area contributed by atoms with Gasteiger partial charge in [-0.3, -0.25) is 4.90 Å². The molecule has 5 N–H and O–H groups in total. The molecule has 6 rings (SSSR count).